The van der Waals surface area contributed by atoms with Crippen LogP contribution >= 0.6 is 24.0 Å². The van der Waals surface area contributed by atoms with Crippen LogP contribution in [0.4, 0.5) is 0 Å². The van der Waals surface area contributed by atoms with Gasteiger partial charge in [0, 0.05) is 23.0 Å². The number of hydrogen-bond donors (Lipinski definition) is 1. The van der Waals surface area contributed by atoms with E-state index >= 15 is 0 Å². The second-order valence-corrected chi connectivity index (χ2v) is 4.62. The predicted molar refractivity (Wildman–Crippen MR) is 85.6 cm³/mol. The maximum absolute atomic E-state index is 9.37. The molecule has 2 nitrogen and oxygen atoms in total. The van der Waals surface area contributed by atoms with Crippen LogP contribution in [0.5, 0.6) is 5.75 Å². The molecule has 20 heavy (non-hydrogen) atoms. The zero-order chi connectivity index (χ0) is 13.2. The molecule has 0 unspecified atom stereocenters. The number of aromatic nitrogens is 1. The van der Waals surface area contributed by atoms with Gasteiger partial charge in [-0.05, 0) is 29.3 Å². The van der Waals surface area contributed by atoms with Crippen molar-refractivity contribution >= 4 is 34.9 Å². The fourth-order valence-electron chi connectivity index (χ4n) is 2.22. The van der Waals surface area contributed by atoms with E-state index in [0.29, 0.717) is 5.88 Å². The topological polar surface area (TPSA) is 33.1 Å². The van der Waals surface area contributed by atoms with Gasteiger partial charge in [-0.25, -0.2) is 0 Å². The summed E-state index contributed by atoms with van der Waals surface area (Å²) in [6, 6.07) is 15.1. The van der Waals surface area contributed by atoms with Crippen molar-refractivity contribution in [3.8, 4) is 16.9 Å². The van der Waals surface area contributed by atoms with Gasteiger partial charge in [-0.15, -0.1) is 24.0 Å². The van der Waals surface area contributed by atoms with E-state index in [2.05, 4.69) is 4.98 Å². The Morgan fingerprint density at radius 2 is 1.75 bits per heavy atom. The molecule has 1 heterocycles. The molecular weight excluding hydrogens is 293 g/mol. The normalized spacial score (nSPS) is 10.2. The van der Waals surface area contributed by atoms with Crippen molar-refractivity contribution < 1.29 is 5.11 Å². The summed E-state index contributed by atoms with van der Waals surface area (Å²) in [5.74, 6) is 0.733. The van der Waals surface area contributed by atoms with Crippen LogP contribution < -0.4 is 0 Å². The Balaban J connectivity index is 0.00000147. The predicted octanol–water partition coefficient (Wildman–Crippen LogP) is 4.77. The first-order valence-corrected chi connectivity index (χ1v) is 6.55. The summed E-state index contributed by atoms with van der Waals surface area (Å²) in [6.45, 7) is 0. The van der Waals surface area contributed by atoms with E-state index in [1.54, 1.807) is 18.3 Å². The molecular formula is C16H13Cl2NO. The van der Waals surface area contributed by atoms with Crippen LogP contribution in [-0.4, -0.2) is 10.1 Å². The minimum absolute atomic E-state index is 0. The van der Waals surface area contributed by atoms with Crippen molar-refractivity contribution in [1.29, 1.82) is 0 Å². The number of hydrogen-bond acceptors (Lipinski definition) is 2. The van der Waals surface area contributed by atoms with Crippen LogP contribution in [0.1, 0.15) is 5.56 Å². The highest BCUT2D eigenvalue weighted by Crippen LogP contribution is 2.30. The summed E-state index contributed by atoms with van der Waals surface area (Å²) in [4.78, 5) is 4.47. The van der Waals surface area contributed by atoms with Crippen LogP contribution in [0.25, 0.3) is 22.0 Å². The van der Waals surface area contributed by atoms with E-state index < -0.39 is 0 Å². The zero-order valence-corrected chi connectivity index (χ0v) is 12.2. The summed E-state index contributed by atoms with van der Waals surface area (Å²) >= 11 is 5.96. The van der Waals surface area contributed by atoms with Crippen LogP contribution in [0.3, 0.4) is 0 Å². The lowest BCUT2D eigenvalue weighted by atomic mass is 9.99. The molecule has 1 aromatic heterocycles. The zero-order valence-electron chi connectivity index (χ0n) is 10.6. The Morgan fingerprint density at radius 1 is 1.00 bits per heavy atom. The van der Waals surface area contributed by atoms with Crippen molar-refractivity contribution in [2.24, 2.45) is 0 Å². The fraction of sp³-hybridized carbons (Fsp3) is 0.0625. The second kappa shape index (κ2) is 6.12. The van der Waals surface area contributed by atoms with E-state index in [0.717, 1.165) is 27.6 Å². The molecule has 0 saturated heterocycles. The number of phenols is 1. The molecule has 0 saturated carbocycles. The molecule has 0 radical (unpaired) electrons. The lowest BCUT2D eigenvalue weighted by Gasteiger charge is -2.09. The van der Waals surface area contributed by atoms with Gasteiger partial charge in [0.1, 0.15) is 5.75 Å². The summed E-state index contributed by atoms with van der Waals surface area (Å²) in [6.07, 6.45) is 1.78. The van der Waals surface area contributed by atoms with Gasteiger partial charge in [0.05, 0.1) is 5.52 Å². The van der Waals surface area contributed by atoms with Crippen LogP contribution in [-0.2, 0) is 5.88 Å². The van der Waals surface area contributed by atoms with Gasteiger partial charge < -0.3 is 5.11 Å². The number of phenolic OH excluding ortho intramolecular Hbond substituents is 1. The standard InChI is InChI=1S/C16H12ClNO.ClH/c17-10-12-5-8-15(11-3-6-13(19)7-4-11)16-14(12)2-1-9-18-16;/h1-9,19H,10H2;1H. The SMILES string of the molecule is Cl.Oc1ccc(-c2ccc(CCl)c3cccnc23)cc1. The van der Waals surface area contributed by atoms with Crippen molar-refractivity contribution in [1.82, 2.24) is 4.98 Å². The number of fused-ring (bicyclic) bond motifs is 1. The molecule has 0 aliphatic carbocycles. The van der Waals surface area contributed by atoms with E-state index in [4.69, 9.17) is 11.6 Å². The van der Waals surface area contributed by atoms with Crippen LogP contribution in [0.2, 0.25) is 0 Å². The fourth-order valence-corrected chi connectivity index (χ4v) is 2.46. The molecule has 0 fully saturated rings. The quantitative estimate of drug-likeness (QED) is 0.692. The lowest BCUT2D eigenvalue weighted by Crippen LogP contribution is -1.89. The third-order valence-electron chi connectivity index (χ3n) is 3.18. The summed E-state index contributed by atoms with van der Waals surface area (Å²) in [5, 5.41) is 10.4. The third-order valence-corrected chi connectivity index (χ3v) is 3.47. The van der Waals surface area contributed by atoms with Gasteiger partial charge in [-0.2, -0.15) is 0 Å². The molecule has 4 heteroatoms. The molecule has 1 N–H and O–H groups in total. The Hall–Kier alpha value is -1.77. The van der Waals surface area contributed by atoms with E-state index in [1.165, 1.54) is 0 Å². The Bertz CT molecular complexity index is 726. The molecule has 0 aliphatic rings. The van der Waals surface area contributed by atoms with Crippen LogP contribution in [0, 0.1) is 0 Å². The van der Waals surface area contributed by atoms with Gasteiger partial charge in [0.15, 0.2) is 0 Å². The van der Waals surface area contributed by atoms with Gasteiger partial charge in [0.25, 0.3) is 0 Å². The maximum atomic E-state index is 9.37. The molecule has 0 bridgehead atoms. The molecule has 0 amide bonds. The summed E-state index contributed by atoms with van der Waals surface area (Å²) in [5.41, 5.74) is 4.09. The number of halogens is 2. The van der Waals surface area contributed by atoms with Crippen molar-refractivity contribution in [2.45, 2.75) is 5.88 Å². The molecule has 102 valence electrons. The number of alkyl halides is 1. The second-order valence-electron chi connectivity index (χ2n) is 4.35. The van der Waals surface area contributed by atoms with Crippen molar-refractivity contribution in [3.63, 3.8) is 0 Å². The molecule has 0 aliphatic heterocycles. The summed E-state index contributed by atoms with van der Waals surface area (Å²) in [7, 11) is 0. The average molecular weight is 306 g/mol. The highest BCUT2D eigenvalue weighted by atomic mass is 35.5. The van der Waals surface area contributed by atoms with E-state index in [9.17, 15) is 5.11 Å². The first kappa shape index (κ1) is 14.6. The Labute approximate surface area is 128 Å². The van der Waals surface area contributed by atoms with Gasteiger partial charge >= 0.3 is 0 Å². The monoisotopic (exact) mass is 305 g/mol. The number of rotatable bonds is 2. The first-order valence-electron chi connectivity index (χ1n) is 6.01. The number of aromatic hydroxyl groups is 1. The summed E-state index contributed by atoms with van der Waals surface area (Å²) < 4.78 is 0. The minimum atomic E-state index is 0. The number of nitrogens with zero attached hydrogens (tertiary/aromatic N) is 1. The van der Waals surface area contributed by atoms with Crippen LogP contribution in [0.15, 0.2) is 54.7 Å². The van der Waals surface area contributed by atoms with Crippen molar-refractivity contribution in [3.05, 3.63) is 60.3 Å². The van der Waals surface area contributed by atoms with E-state index in [1.807, 2.05) is 36.4 Å². The Morgan fingerprint density at radius 3 is 2.45 bits per heavy atom. The molecule has 2 aromatic carbocycles. The molecule has 0 atom stereocenters. The van der Waals surface area contributed by atoms with E-state index in [-0.39, 0.29) is 18.2 Å². The smallest absolute Gasteiger partial charge is 0.115 e. The first-order chi connectivity index (χ1) is 9.29. The third kappa shape index (κ3) is 2.58. The number of pyridine rings is 1. The minimum Gasteiger partial charge on any atom is -0.508 e. The molecule has 3 aromatic rings. The number of benzene rings is 2. The molecule has 3 rings (SSSR count). The largest absolute Gasteiger partial charge is 0.508 e. The maximum Gasteiger partial charge on any atom is 0.115 e. The van der Waals surface area contributed by atoms with Gasteiger partial charge in [0.2, 0.25) is 0 Å². The highest BCUT2D eigenvalue weighted by molar-refractivity contribution is 6.18. The lowest BCUT2D eigenvalue weighted by molar-refractivity contribution is 0.475. The Kier molecular flexibility index (Phi) is 4.48. The van der Waals surface area contributed by atoms with Gasteiger partial charge in [-0.3, -0.25) is 4.98 Å². The highest BCUT2D eigenvalue weighted by Gasteiger charge is 2.08. The molecule has 0 spiro atoms. The average Bonchev–Trinajstić information content (AvgIpc) is 2.47. The van der Waals surface area contributed by atoms with Crippen molar-refractivity contribution in [2.75, 3.05) is 0 Å². The van der Waals surface area contributed by atoms with Gasteiger partial charge in [-0.1, -0.05) is 30.3 Å².